The maximum absolute atomic E-state index is 14.2. The molecule has 0 saturated carbocycles. The van der Waals surface area contributed by atoms with Crippen LogP contribution in [0.2, 0.25) is 0 Å². The Bertz CT molecular complexity index is 1480. The van der Waals surface area contributed by atoms with Crippen LogP contribution in [0, 0.1) is 5.82 Å². The summed E-state index contributed by atoms with van der Waals surface area (Å²) < 4.78 is 21.5. The van der Waals surface area contributed by atoms with E-state index < -0.39 is 5.97 Å². The van der Waals surface area contributed by atoms with Gasteiger partial charge >= 0.3 is 5.97 Å². The number of aryl methyl sites for hydroxylation is 1. The number of methoxy groups -OCH3 is 1. The lowest BCUT2D eigenvalue weighted by atomic mass is 9.89. The molecule has 1 aliphatic carbocycles. The number of aliphatic carboxylic acids is 1. The third kappa shape index (κ3) is 6.04. The third-order valence-electron chi connectivity index (χ3n) is 7.66. The molecular formula is C32H33FN2O4. The van der Waals surface area contributed by atoms with E-state index in [1.165, 1.54) is 12.1 Å². The number of para-hydroxylation sites is 1. The standard InChI is InChI=1S/C32H33FN2O4/c1-39-31-10-6-5-9-22(31)11-16-30(36)27(17-21-7-3-2-4-8-21)34-24-13-15-29-26(19-24)25-18-23(33)12-14-28(25)35(29)20-32(37)38/h2-10,12,14,18,24,27,34H,11,13,15-17,19-20H2,1H3,(H,37,38). The minimum Gasteiger partial charge on any atom is -0.496 e. The number of rotatable bonds is 11. The second kappa shape index (κ2) is 11.8. The van der Waals surface area contributed by atoms with Gasteiger partial charge in [-0.25, -0.2) is 4.39 Å². The number of fused-ring (bicyclic) bond motifs is 3. The van der Waals surface area contributed by atoms with E-state index in [9.17, 15) is 19.1 Å². The Morgan fingerprint density at radius 3 is 2.64 bits per heavy atom. The van der Waals surface area contributed by atoms with Gasteiger partial charge in [0.25, 0.3) is 0 Å². The molecule has 0 bridgehead atoms. The van der Waals surface area contributed by atoms with Crippen LogP contribution in [-0.4, -0.2) is 40.6 Å². The largest absolute Gasteiger partial charge is 0.496 e. The number of carbonyl (C=O) groups excluding carboxylic acids is 1. The highest BCUT2D eigenvalue weighted by atomic mass is 19.1. The summed E-state index contributed by atoms with van der Waals surface area (Å²) in [5.74, 6) is -0.360. The van der Waals surface area contributed by atoms with Crippen LogP contribution in [-0.2, 0) is 41.8 Å². The zero-order chi connectivity index (χ0) is 27.4. The van der Waals surface area contributed by atoms with Crippen molar-refractivity contribution in [1.29, 1.82) is 0 Å². The van der Waals surface area contributed by atoms with Crippen LogP contribution in [0.3, 0.4) is 0 Å². The molecule has 6 nitrogen and oxygen atoms in total. The van der Waals surface area contributed by atoms with E-state index in [2.05, 4.69) is 5.32 Å². The minimum atomic E-state index is -0.928. The van der Waals surface area contributed by atoms with Crippen LogP contribution in [0.4, 0.5) is 4.39 Å². The summed E-state index contributed by atoms with van der Waals surface area (Å²) in [5, 5.41) is 13.9. The highest BCUT2D eigenvalue weighted by molar-refractivity contribution is 5.87. The van der Waals surface area contributed by atoms with E-state index in [-0.39, 0.29) is 30.2 Å². The Balaban J connectivity index is 1.38. The fourth-order valence-corrected chi connectivity index (χ4v) is 5.82. The van der Waals surface area contributed by atoms with Gasteiger partial charge in [0.05, 0.1) is 13.2 Å². The molecule has 1 heterocycles. The van der Waals surface area contributed by atoms with Crippen LogP contribution < -0.4 is 10.1 Å². The van der Waals surface area contributed by atoms with Gasteiger partial charge in [-0.05, 0) is 73.1 Å². The van der Waals surface area contributed by atoms with E-state index in [1.54, 1.807) is 17.7 Å². The Hall–Kier alpha value is -3.97. The van der Waals surface area contributed by atoms with Crippen LogP contribution in [0.25, 0.3) is 10.9 Å². The first-order valence-corrected chi connectivity index (χ1v) is 13.4. The lowest BCUT2D eigenvalue weighted by Gasteiger charge is -2.29. The third-order valence-corrected chi connectivity index (χ3v) is 7.66. The number of nitrogens with zero attached hydrogens (tertiary/aromatic N) is 1. The summed E-state index contributed by atoms with van der Waals surface area (Å²) in [7, 11) is 1.64. The molecule has 0 saturated heterocycles. The molecule has 2 unspecified atom stereocenters. The van der Waals surface area contributed by atoms with Gasteiger partial charge in [0, 0.05) is 29.1 Å². The van der Waals surface area contributed by atoms with Crippen LogP contribution in [0.5, 0.6) is 5.75 Å². The van der Waals surface area contributed by atoms with Crippen LogP contribution in [0.15, 0.2) is 72.8 Å². The lowest BCUT2D eigenvalue weighted by molar-refractivity contribution is -0.137. The highest BCUT2D eigenvalue weighted by Gasteiger charge is 2.29. The van der Waals surface area contributed by atoms with Gasteiger partial charge in [0.2, 0.25) is 0 Å². The molecule has 202 valence electrons. The van der Waals surface area contributed by atoms with Gasteiger partial charge < -0.3 is 19.7 Å². The molecule has 0 amide bonds. The zero-order valence-corrected chi connectivity index (χ0v) is 22.0. The number of hydrogen-bond acceptors (Lipinski definition) is 4. The predicted molar refractivity (Wildman–Crippen MR) is 149 cm³/mol. The fourth-order valence-electron chi connectivity index (χ4n) is 5.82. The molecule has 2 N–H and O–H groups in total. The van der Waals surface area contributed by atoms with Gasteiger partial charge in [-0.3, -0.25) is 9.59 Å². The Kier molecular flexibility index (Phi) is 8.07. The van der Waals surface area contributed by atoms with Crippen molar-refractivity contribution in [2.24, 2.45) is 0 Å². The Labute approximate surface area is 227 Å². The van der Waals surface area contributed by atoms with E-state index in [0.717, 1.165) is 45.5 Å². The minimum absolute atomic E-state index is 0.00793. The Morgan fingerprint density at radius 2 is 1.87 bits per heavy atom. The molecule has 0 aliphatic heterocycles. The number of ether oxygens (including phenoxy) is 1. The number of aromatic nitrogens is 1. The molecule has 0 fully saturated rings. The Morgan fingerprint density at radius 1 is 1.10 bits per heavy atom. The molecule has 1 aliphatic rings. The van der Waals surface area contributed by atoms with Crippen LogP contribution >= 0.6 is 0 Å². The first-order chi connectivity index (χ1) is 18.9. The molecule has 0 radical (unpaired) electrons. The zero-order valence-electron chi connectivity index (χ0n) is 22.0. The summed E-state index contributed by atoms with van der Waals surface area (Å²) in [6, 6.07) is 21.9. The van der Waals surface area contributed by atoms with Crippen molar-refractivity contribution in [1.82, 2.24) is 9.88 Å². The normalized spacial score (nSPS) is 15.6. The number of carboxylic acid groups (broad SMARTS) is 1. The summed E-state index contributed by atoms with van der Waals surface area (Å²) in [6.07, 6.45) is 3.57. The van der Waals surface area contributed by atoms with Crippen molar-refractivity contribution in [3.63, 3.8) is 0 Å². The smallest absolute Gasteiger partial charge is 0.323 e. The second-order valence-corrected chi connectivity index (χ2v) is 10.2. The topological polar surface area (TPSA) is 80.6 Å². The average Bonchev–Trinajstić information content (AvgIpc) is 3.23. The van der Waals surface area contributed by atoms with E-state index in [1.807, 2.05) is 54.6 Å². The number of carbonyl (C=O) groups is 2. The van der Waals surface area contributed by atoms with Crippen molar-refractivity contribution in [3.8, 4) is 5.75 Å². The first kappa shape index (κ1) is 26.6. The molecule has 1 aromatic heterocycles. The number of ketones is 1. The summed E-state index contributed by atoms with van der Waals surface area (Å²) in [4.78, 5) is 25.2. The molecular weight excluding hydrogens is 495 g/mol. The van der Waals surface area contributed by atoms with Crippen molar-refractivity contribution in [2.45, 2.75) is 57.2 Å². The number of benzene rings is 3. The van der Waals surface area contributed by atoms with Gasteiger partial charge in [0.1, 0.15) is 23.9 Å². The number of nitrogens with one attached hydrogen (secondary N) is 1. The summed E-state index contributed by atoms with van der Waals surface area (Å²) in [6.45, 7) is -0.159. The quantitative estimate of drug-likeness (QED) is 0.282. The number of halogens is 1. The average molecular weight is 529 g/mol. The summed E-state index contributed by atoms with van der Waals surface area (Å²) in [5.41, 5.74) is 4.73. The van der Waals surface area contributed by atoms with Gasteiger partial charge in [-0.15, -0.1) is 0 Å². The molecule has 7 heteroatoms. The number of hydrogen-bond donors (Lipinski definition) is 2. The van der Waals surface area contributed by atoms with Crippen molar-refractivity contribution in [2.75, 3.05) is 7.11 Å². The molecule has 2 atom stereocenters. The first-order valence-electron chi connectivity index (χ1n) is 13.4. The molecule has 39 heavy (non-hydrogen) atoms. The summed E-state index contributed by atoms with van der Waals surface area (Å²) >= 11 is 0. The maximum atomic E-state index is 14.2. The fraction of sp³-hybridized carbons (Fsp3) is 0.312. The SMILES string of the molecule is COc1ccccc1CCC(=O)C(Cc1ccccc1)NC1CCc2c(c3cc(F)ccc3n2CC(=O)O)C1. The van der Waals surface area contributed by atoms with E-state index in [0.29, 0.717) is 32.1 Å². The van der Waals surface area contributed by atoms with E-state index in [4.69, 9.17) is 4.74 Å². The van der Waals surface area contributed by atoms with Gasteiger partial charge in [0.15, 0.2) is 0 Å². The lowest BCUT2D eigenvalue weighted by Crippen LogP contribution is -2.47. The van der Waals surface area contributed by atoms with Crippen molar-refractivity contribution < 1.29 is 23.8 Å². The van der Waals surface area contributed by atoms with Crippen molar-refractivity contribution in [3.05, 3.63) is 101 Å². The van der Waals surface area contributed by atoms with Gasteiger partial charge in [-0.1, -0.05) is 48.5 Å². The van der Waals surface area contributed by atoms with Crippen molar-refractivity contribution >= 4 is 22.7 Å². The maximum Gasteiger partial charge on any atom is 0.323 e. The number of Topliss-reactive ketones (excluding diaryl/α,β-unsaturated/α-hetero) is 1. The predicted octanol–water partition coefficient (Wildman–Crippen LogP) is 5.13. The van der Waals surface area contributed by atoms with E-state index >= 15 is 0 Å². The van der Waals surface area contributed by atoms with Crippen LogP contribution in [0.1, 0.15) is 35.2 Å². The molecule has 5 rings (SSSR count). The van der Waals surface area contributed by atoms with Gasteiger partial charge in [-0.2, -0.15) is 0 Å². The monoisotopic (exact) mass is 528 g/mol. The molecule has 3 aromatic carbocycles. The molecule has 0 spiro atoms. The number of carboxylic acids is 1. The highest BCUT2D eigenvalue weighted by Crippen LogP contribution is 2.33. The molecule has 4 aromatic rings. The second-order valence-electron chi connectivity index (χ2n) is 10.2.